The van der Waals surface area contributed by atoms with Crippen molar-refractivity contribution in [3.8, 4) is 11.5 Å². The molecular formula is C14H20FNO2. The first-order chi connectivity index (χ1) is 8.76. The smallest absolute Gasteiger partial charge is 0.171 e. The minimum absolute atomic E-state index is 0.282. The summed E-state index contributed by atoms with van der Waals surface area (Å²) in [5.74, 6) is 1.14. The zero-order valence-corrected chi connectivity index (χ0v) is 11.0. The lowest BCUT2D eigenvalue weighted by Crippen LogP contribution is -2.29. The predicted octanol–water partition coefficient (Wildman–Crippen LogP) is 2.39. The summed E-state index contributed by atoms with van der Waals surface area (Å²) in [5, 5.41) is 3.32. The second-order valence-electron chi connectivity index (χ2n) is 4.66. The second-order valence-corrected chi connectivity index (χ2v) is 4.66. The summed E-state index contributed by atoms with van der Waals surface area (Å²) in [7, 11) is 3.06. The molecule has 0 aliphatic carbocycles. The molecule has 3 nitrogen and oxygen atoms in total. The van der Waals surface area contributed by atoms with E-state index in [-0.39, 0.29) is 5.82 Å². The normalized spacial score (nSPS) is 16.6. The van der Waals surface area contributed by atoms with Crippen LogP contribution in [0.2, 0.25) is 0 Å². The summed E-state index contributed by atoms with van der Waals surface area (Å²) in [5.41, 5.74) is 0.642. The van der Waals surface area contributed by atoms with Gasteiger partial charge in [-0.25, -0.2) is 4.39 Å². The Morgan fingerprint density at radius 2 is 1.78 bits per heavy atom. The van der Waals surface area contributed by atoms with E-state index in [9.17, 15) is 4.39 Å². The van der Waals surface area contributed by atoms with Crippen LogP contribution in [0.4, 0.5) is 4.39 Å². The van der Waals surface area contributed by atoms with E-state index in [0.29, 0.717) is 29.4 Å². The van der Waals surface area contributed by atoms with E-state index in [2.05, 4.69) is 5.32 Å². The molecule has 0 unspecified atom stereocenters. The van der Waals surface area contributed by atoms with Gasteiger partial charge in [0.1, 0.15) is 5.75 Å². The molecule has 0 aromatic heterocycles. The predicted molar refractivity (Wildman–Crippen MR) is 68.8 cm³/mol. The van der Waals surface area contributed by atoms with Gasteiger partial charge < -0.3 is 14.8 Å². The summed E-state index contributed by atoms with van der Waals surface area (Å²) < 4.78 is 24.5. The molecular weight excluding hydrogens is 233 g/mol. The maximum atomic E-state index is 14.3. The Morgan fingerprint density at radius 1 is 1.17 bits per heavy atom. The summed E-state index contributed by atoms with van der Waals surface area (Å²) in [6.45, 7) is 2.02. The average molecular weight is 253 g/mol. The van der Waals surface area contributed by atoms with Crippen LogP contribution in [-0.4, -0.2) is 27.3 Å². The van der Waals surface area contributed by atoms with Gasteiger partial charge in [0, 0.05) is 5.56 Å². The molecule has 0 amide bonds. The van der Waals surface area contributed by atoms with Crippen molar-refractivity contribution in [1.29, 1.82) is 0 Å². The number of ether oxygens (including phenoxy) is 2. The third-order valence-electron chi connectivity index (χ3n) is 3.56. The van der Waals surface area contributed by atoms with Crippen molar-refractivity contribution in [1.82, 2.24) is 5.32 Å². The highest BCUT2D eigenvalue weighted by molar-refractivity contribution is 5.42. The van der Waals surface area contributed by atoms with Crippen LogP contribution in [0.3, 0.4) is 0 Å². The lowest BCUT2D eigenvalue weighted by Gasteiger charge is -2.23. The van der Waals surface area contributed by atoms with E-state index in [0.717, 1.165) is 25.9 Å². The highest BCUT2D eigenvalue weighted by atomic mass is 19.1. The zero-order chi connectivity index (χ0) is 13.0. The maximum absolute atomic E-state index is 14.3. The minimum Gasteiger partial charge on any atom is -0.496 e. The van der Waals surface area contributed by atoms with Gasteiger partial charge in [0.05, 0.1) is 14.2 Å². The van der Waals surface area contributed by atoms with Crippen molar-refractivity contribution in [3.63, 3.8) is 0 Å². The van der Waals surface area contributed by atoms with Crippen LogP contribution in [0.15, 0.2) is 12.1 Å². The van der Waals surface area contributed by atoms with Crippen LogP contribution < -0.4 is 14.8 Å². The molecule has 1 N–H and O–H groups in total. The monoisotopic (exact) mass is 253 g/mol. The van der Waals surface area contributed by atoms with Crippen molar-refractivity contribution in [3.05, 3.63) is 23.5 Å². The summed E-state index contributed by atoms with van der Waals surface area (Å²) >= 11 is 0. The largest absolute Gasteiger partial charge is 0.496 e. The van der Waals surface area contributed by atoms with Gasteiger partial charge in [-0.3, -0.25) is 0 Å². The molecule has 0 bridgehead atoms. The van der Waals surface area contributed by atoms with Gasteiger partial charge in [0.25, 0.3) is 0 Å². The molecule has 0 spiro atoms. The standard InChI is InChI=1S/C14H20FNO2/c1-17-12-3-4-13(18-2)14(15)11(12)9-10-5-7-16-8-6-10/h3-4,10,16H,5-9H2,1-2H3. The van der Waals surface area contributed by atoms with Crippen LogP contribution >= 0.6 is 0 Å². The molecule has 0 radical (unpaired) electrons. The Labute approximate surface area is 107 Å². The molecule has 1 aromatic rings. The number of methoxy groups -OCH3 is 2. The first kappa shape index (κ1) is 13.1. The van der Waals surface area contributed by atoms with Gasteiger partial charge in [-0.15, -0.1) is 0 Å². The van der Waals surface area contributed by atoms with E-state index in [1.54, 1.807) is 19.2 Å². The van der Waals surface area contributed by atoms with Crippen LogP contribution in [0.5, 0.6) is 11.5 Å². The van der Waals surface area contributed by atoms with Crippen LogP contribution in [-0.2, 0) is 6.42 Å². The highest BCUT2D eigenvalue weighted by Crippen LogP contribution is 2.32. The molecule has 0 atom stereocenters. The SMILES string of the molecule is COc1ccc(OC)c(CC2CCNCC2)c1F. The summed E-state index contributed by atoms with van der Waals surface area (Å²) in [6.07, 6.45) is 2.88. The van der Waals surface area contributed by atoms with Gasteiger partial charge >= 0.3 is 0 Å². The topological polar surface area (TPSA) is 30.5 Å². The van der Waals surface area contributed by atoms with Gasteiger partial charge in [-0.05, 0) is 50.4 Å². The minimum atomic E-state index is -0.282. The molecule has 2 rings (SSSR count). The zero-order valence-electron chi connectivity index (χ0n) is 11.0. The van der Waals surface area contributed by atoms with Crippen molar-refractivity contribution >= 4 is 0 Å². The van der Waals surface area contributed by atoms with Crippen LogP contribution in [0.1, 0.15) is 18.4 Å². The first-order valence-corrected chi connectivity index (χ1v) is 6.36. The Bertz CT molecular complexity index is 403. The Morgan fingerprint density at radius 3 is 2.39 bits per heavy atom. The molecule has 100 valence electrons. The summed E-state index contributed by atoms with van der Waals surface area (Å²) in [6, 6.07) is 3.39. The molecule has 0 saturated carbocycles. The fourth-order valence-corrected chi connectivity index (χ4v) is 2.50. The molecule has 1 aromatic carbocycles. The first-order valence-electron chi connectivity index (χ1n) is 6.36. The van der Waals surface area contributed by atoms with Gasteiger partial charge in [-0.1, -0.05) is 0 Å². The number of hydrogen-bond acceptors (Lipinski definition) is 3. The highest BCUT2D eigenvalue weighted by Gasteiger charge is 2.20. The molecule has 1 saturated heterocycles. The molecule has 1 fully saturated rings. The maximum Gasteiger partial charge on any atom is 0.171 e. The van der Waals surface area contributed by atoms with Crippen molar-refractivity contribution in [2.75, 3.05) is 27.3 Å². The number of hydrogen-bond donors (Lipinski definition) is 1. The van der Waals surface area contributed by atoms with Crippen LogP contribution in [0.25, 0.3) is 0 Å². The summed E-state index contributed by atoms with van der Waals surface area (Å²) in [4.78, 5) is 0. The van der Waals surface area contributed by atoms with E-state index >= 15 is 0 Å². The number of benzene rings is 1. The number of nitrogens with one attached hydrogen (secondary N) is 1. The molecule has 18 heavy (non-hydrogen) atoms. The van der Waals surface area contributed by atoms with E-state index < -0.39 is 0 Å². The quantitative estimate of drug-likeness (QED) is 0.893. The van der Waals surface area contributed by atoms with Crippen molar-refractivity contribution in [2.45, 2.75) is 19.3 Å². The molecule has 1 aliphatic rings. The average Bonchev–Trinajstić information content (AvgIpc) is 2.42. The Kier molecular flexibility index (Phi) is 4.42. The third kappa shape index (κ3) is 2.75. The van der Waals surface area contributed by atoms with Crippen LogP contribution in [0, 0.1) is 11.7 Å². The Hall–Kier alpha value is -1.29. The fraction of sp³-hybridized carbons (Fsp3) is 0.571. The third-order valence-corrected chi connectivity index (χ3v) is 3.56. The number of rotatable bonds is 4. The van der Waals surface area contributed by atoms with Crippen molar-refractivity contribution < 1.29 is 13.9 Å². The number of halogens is 1. The van der Waals surface area contributed by atoms with E-state index in [1.165, 1.54) is 7.11 Å². The lowest BCUT2D eigenvalue weighted by atomic mass is 9.90. The van der Waals surface area contributed by atoms with Gasteiger partial charge in [-0.2, -0.15) is 0 Å². The molecule has 1 aliphatic heterocycles. The fourth-order valence-electron chi connectivity index (χ4n) is 2.50. The second kappa shape index (κ2) is 6.05. The van der Waals surface area contributed by atoms with E-state index in [1.807, 2.05) is 0 Å². The Balaban J connectivity index is 2.23. The number of piperidine rings is 1. The van der Waals surface area contributed by atoms with E-state index in [4.69, 9.17) is 9.47 Å². The van der Waals surface area contributed by atoms with Gasteiger partial charge in [0.2, 0.25) is 0 Å². The van der Waals surface area contributed by atoms with Crippen molar-refractivity contribution in [2.24, 2.45) is 5.92 Å². The molecule has 1 heterocycles. The molecule has 4 heteroatoms. The lowest BCUT2D eigenvalue weighted by molar-refractivity contribution is 0.344. The van der Waals surface area contributed by atoms with Gasteiger partial charge in [0.15, 0.2) is 11.6 Å².